The predicted molar refractivity (Wildman–Crippen MR) is 101 cm³/mol. The van der Waals surface area contributed by atoms with Crippen molar-refractivity contribution >= 4 is 11.9 Å². The van der Waals surface area contributed by atoms with Crippen molar-refractivity contribution in [2.75, 3.05) is 20.2 Å². The molecule has 1 aromatic carbocycles. The molecule has 1 aliphatic rings. The lowest BCUT2D eigenvalue weighted by Gasteiger charge is -2.33. The van der Waals surface area contributed by atoms with Crippen LogP contribution in [0.4, 0.5) is 0 Å². The van der Waals surface area contributed by atoms with Gasteiger partial charge in [-0.3, -0.25) is 9.48 Å². The minimum absolute atomic E-state index is 0.0192. The molecule has 0 radical (unpaired) electrons. The fraction of sp³-hybridized carbons (Fsp3) is 0.450. The number of aryl methyl sites for hydroxylation is 2. The highest BCUT2D eigenvalue weighted by Gasteiger charge is 2.27. The van der Waals surface area contributed by atoms with Crippen molar-refractivity contribution in [1.82, 2.24) is 14.7 Å². The van der Waals surface area contributed by atoms with Crippen molar-refractivity contribution in [2.45, 2.75) is 39.7 Å². The maximum atomic E-state index is 12.9. The molecule has 1 fully saturated rings. The lowest BCUT2D eigenvalue weighted by atomic mass is 10.0. The number of carboxylic acid groups (broad SMARTS) is 1. The van der Waals surface area contributed by atoms with Gasteiger partial charge in [-0.25, -0.2) is 4.79 Å². The molecule has 0 saturated carbocycles. The average molecular weight is 371 g/mol. The third kappa shape index (κ3) is 3.54. The number of amides is 1. The summed E-state index contributed by atoms with van der Waals surface area (Å²) < 4.78 is 7.16. The van der Waals surface area contributed by atoms with Crippen LogP contribution in [-0.4, -0.2) is 51.9 Å². The third-order valence-electron chi connectivity index (χ3n) is 5.28. The van der Waals surface area contributed by atoms with E-state index in [-0.39, 0.29) is 17.5 Å². The van der Waals surface area contributed by atoms with Gasteiger partial charge in [0.2, 0.25) is 0 Å². The number of methoxy groups -OCH3 is 1. The molecule has 2 heterocycles. The Labute approximate surface area is 158 Å². The molecule has 144 valence electrons. The van der Waals surface area contributed by atoms with E-state index < -0.39 is 5.97 Å². The van der Waals surface area contributed by atoms with Crippen molar-refractivity contribution in [3.8, 4) is 5.75 Å². The zero-order chi connectivity index (χ0) is 19.7. The third-order valence-corrected chi connectivity index (χ3v) is 5.28. The lowest BCUT2D eigenvalue weighted by molar-refractivity contribution is 0.0688. The highest BCUT2D eigenvalue weighted by molar-refractivity contribution is 5.95. The van der Waals surface area contributed by atoms with Crippen LogP contribution >= 0.6 is 0 Å². The van der Waals surface area contributed by atoms with Crippen LogP contribution in [0.15, 0.2) is 18.3 Å². The number of hydrogen-bond donors (Lipinski definition) is 1. The first-order valence-corrected chi connectivity index (χ1v) is 9.05. The van der Waals surface area contributed by atoms with Crippen LogP contribution in [0.5, 0.6) is 5.75 Å². The number of piperidine rings is 1. The lowest BCUT2D eigenvalue weighted by Crippen LogP contribution is -2.39. The van der Waals surface area contributed by atoms with Gasteiger partial charge in [0, 0.05) is 18.7 Å². The molecule has 3 rings (SSSR count). The monoisotopic (exact) mass is 371 g/mol. The molecule has 7 nitrogen and oxygen atoms in total. The summed E-state index contributed by atoms with van der Waals surface area (Å²) in [7, 11) is 1.63. The van der Waals surface area contributed by atoms with E-state index in [0.717, 1.165) is 29.7 Å². The van der Waals surface area contributed by atoms with Crippen LogP contribution in [0.3, 0.4) is 0 Å². The maximum Gasteiger partial charge on any atom is 0.339 e. The van der Waals surface area contributed by atoms with Crippen LogP contribution in [0.2, 0.25) is 0 Å². The molecular weight excluding hydrogens is 346 g/mol. The van der Waals surface area contributed by atoms with E-state index in [9.17, 15) is 14.7 Å². The van der Waals surface area contributed by atoms with E-state index in [2.05, 4.69) is 5.10 Å². The van der Waals surface area contributed by atoms with E-state index in [1.807, 2.05) is 30.9 Å². The molecule has 1 amide bonds. The Kier molecular flexibility index (Phi) is 5.21. The minimum atomic E-state index is -0.961. The number of aromatic nitrogens is 2. The summed E-state index contributed by atoms with van der Waals surface area (Å²) in [5, 5.41) is 13.4. The Morgan fingerprint density at radius 3 is 2.22 bits per heavy atom. The Morgan fingerprint density at radius 1 is 1.15 bits per heavy atom. The van der Waals surface area contributed by atoms with Crippen LogP contribution in [0.25, 0.3) is 0 Å². The van der Waals surface area contributed by atoms with Crippen LogP contribution in [0, 0.1) is 20.8 Å². The first-order valence-electron chi connectivity index (χ1n) is 9.05. The van der Waals surface area contributed by atoms with Crippen molar-refractivity contribution in [3.63, 3.8) is 0 Å². The summed E-state index contributed by atoms with van der Waals surface area (Å²) >= 11 is 0. The van der Waals surface area contributed by atoms with Gasteiger partial charge in [-0.15, -0.1) is 0 Å². The molecule has 0 bridgehead atoms. The first-order chi connectivity index (χ1) is 12.8. The van der Waals surface area contributed by atoms with Gasteiger partial charge in [0.25, 0.3) is 5.91 Å². The Morgan fingerprint density at radius 2 is 1.74 bits per heavy atom. The second kappa shape index (κ2) is 7.42. The second-order valence-electron chi connectivity index (χ2n) is 7.06. The minimum Gasteiger partial charge on any atom is -0.496 e. The zero-order valence-electron chi connectivity index (χ0n) is 16.2. The molecule has 1 N–H and O–H groups in total. The van der Waals surface area contributed by atoms with Crippen molar-refractivity contribution in [1.29, 1.82) is 0 Å². The summed E-state index contributed by atoms with van der Waals surface area (Å²) in [6.07, 6.45) is 2.90. The second-order valence-corrected chi connectivity index (χ2v) is 7.06. The molecule has 7 heteroatoms. The van der Waals surface area contributed by atoms with E-state index in [4.69, 9.17) is 4.74 Å². The molecule has 1 aliphatic heterocycles. The summed E-state index contributed by atoms with van der Waals surface area (Å²) in [5.74, 6) is -0.129. The molecule has 0 spiro atoms. The van der Waals surface area contributed by atoms with E-state index >= 15 is 0 Å². The quantitative estimate of drug-likeness (QED) is 0.893. The average Bonchev–Trinajstić information content (AvgIpc) is 3.02. The number of carbonyl (C=O) groups excluding carboxylic acids is 1. The van der Waals surface area contributed by atoms with Crippen LogP contribution in [-0.2, 0) is 0 Å². The van der Waals surface area contributed by atoms with Gasteiger partial charge >= 0.3 is 5.97 Å². The summed E-state index contributed by atoms with van der Waals surface area (Å²) in [6.45, 7) is 6.90. The van der Waals surface area contributed by atoms with Gasteiger partial charge in [0.1, 0.15) is 11.3 Å². The zero-order valence-corrected chi connectivity index (χ0v) is 16.2. The number of benzene rings is 1. The maximum absolute atomic E-state index is 12.9. The highest BCUT2D eigenvalue weighted by Crippen LogP contribution is 2.28. The van der Waals surface area contributed by atoms with Gasteiger partial charge in [-0.05, 0) is 56.9 Å². The van der Waals surface area contributed by atoms with E-state index in [1.165, 1.54) is 6.20 Å². The molecular formula is C20H25N3O4. The largest absolute Gasteiger partial charge is 0.496 e. The highest BCUT2D eigenvalue weighted by atomic mass is 16.5. The van der Waals surface area contributed by atoms with Crippen LogP contribution < -0.4 is 4.74 Å². The van der Waals surface area contributed by atoms with Gasteiger partial charge in [-0.1, -0.05) is 0 Å². The summed E-state index contributed by atoms with van der Waals surface area (Å²) in [4.78, 5) is 25.9. The van der Waals surface area contributed by atoms with Gasteiger partial charge in [-0.2, -0.15) is 5.10 Å². The number of nitrogens with zero attached hydrogens (tertiary/aromatic N) is 3. The smallest absolute Gasteiger partial charge is 0.339 e. The Balaban J connectivity index is 1.71. The van der Waals surface area contributed by atoms with Gasteiger partial charge in [0.05, 0.1) is 25.0 Å². The van der Waals surface area contributed by atoms with Gasteiger partial charge in [0.15, 0.2) is 0 Å². The molecule has 27 heavy (non-hydrogen) atoms. The number of rotatable bonds is 4. The number of hydrogen-bond acceptors (Lipinski definition) is 4. The standard InChI is InChI=1S/C20H25N3O4/c1-12-9-15(10-13(2)18(12)27-4)19(24)22-7-5-16(6-8-22)23-14(3)17(11-21-23)20(25)26/h9-11,16H,5-8H2,1-4H3,(H,25,26). The fourth-order valence-corrected chi connectivity index (χ4v) is 3.89. The van der Waals surface area contributed by atoms with Crippen molar-refractivity contribution in [2.24, 2.45) is 0 Å². The molecule has 0 aliphatic carbocycles. The molecule has 2 aromatic rings. The fourth-order valence-electron chi connectivity index (χ4n) is 3.89. The Hall–Kier alpha value is -2.83. The number of likely N-dealkylation sites (tertiary alicyclic amines) is 1. The molecule has 0 unspecified atom stereocenters. The van der Waals surface area contributed by atoms with E-state index in [0.29, 0.717) is 24.3 Å². The van der Waals surface area contributed by atoms with Crippen LogP contribution in [0.1, 0.15) is 56.4 Å². The van der Waals surface area contributed by atoms with Crippen molar-refractivity contribution < 1.29 is 19.4 Å². The molecule has 1 aromatic heterocycles. The number of aromatic carboxylic acids is 1. The number of carbonyl (C=O) groups is 2. The summed E-state index contributed by atoms with van der Waals surface area (Å²) in [5.41, 5.74) is 3.47. The van der Waals surface area contributed by atoms with E-state index in [1.54, 1.807) is 18.7 Å². The Bertz CT molecular complexity index is 856. The van der Waals surface area contributed by atoms with Crippen molar-refractivity contribution in [3.05, 3.63) is 46.3 Å². The SMILES string of the molecule is COc1c(C)cc(C(=O)N2CCC(n3ncc(C(=O)O)c3C)CC2)cc1C. The topological polar surface area (TPSA) is 84.7 Å². The van der Waals surface area contributed by atoms with Gasteiger partial charge < -0.3 is 14.7 Å². The number of ether oxygens (including phenoxy) is 1. The molecule has 1 saturated heterocycles. The normalized spacial score (nSPS) is 15.0. The predicted octanol–water partition coefficient (Wildman–Crippen LogP) is 2.99. The molecule has 0 atom stereocenters. The number of carboxylic acids is 1. The first kappa shape index (κ1) is 18.9. The summed E-state index contributed by atoms with van der Waals surface area (Å²) in [6, 6.07) is 3.86.